The number of halogens is 1. The van der Waals surface area contributed by atoms with E-state index in [0.29, 0.717) is 19.7 Å². The fourth-order valence-electron chi connectivity index (χ4n) is 2.32. The lowest BCUT2D eigenvalue weighted by Crippen LogP contribution is -2.52. The van der Waals surface area contributed by atoms with Gasteiger partial charge in [-0.25, -0.2) is 0 Å². The van der Waals surface area contributed by atoms with Gasteiger partial charge in [0.15, 0.2) is 0 Å². The molecule has 1 aromatic rings. The molecule has 1 aliphatic rings. The third-order valence-electron chi connectivity index (χ3n) is 3.44. The summed E-state index contributed by atoms with van der Waals surface area (Å²) in [6, 6.07) is 7.21. The van der Waals surface area contributed by atoms with Crippen molar-refractivity contribution in [1.29, 1.82) is 0 Å². The molecule has 0 bridgehead atoms. The third kappa shape index (κ3) is 3.95. The highest BCUT2D eigenvalue weighted by Crippen LogP contribution is 2.20. The van der Waals surface area contributed by atoms with E-state index in [1.54, 1.807) is 4.90 Å². The smallest absolute Gasteiger partial charge is 0.244 e. The summed E-state index contributed by atoms with van der Waals surface area (Å²) < 4.78 is 5.61. The Morgan fingerprint density at radius 3 is 2.50 bits per heavy atom. The molecule has 1 unspecified atom stereocenters. The van der Waals surface area contributed by atoms with E-state index in [0.717, 1.165) is 11.1 Å². The fourth-order valence-corrected chi connectivity index (χ4v) is 2.32. The second-order valence-corrected chi connectivity index (χ2v) is 5.76. The number of nitrogens with zero attached hydrogens (tertiary/aromatic N) is 1. The van der Waals surface area contributed by atoms with Crippen LogP contribution in [0.4, 0.5) is 0 Å². The molecule has 1 heterocycles. The highest BCUT2D eigenvalue weighted by Gasteiger charge is 2.32. The number of amides is 1. The van der Waals surface area contributed by atoms with Crippen LogP contribution in [0.3, 0.4) is 0 Å². The lowest BCUT2D eigenvalue weighted by molar-refractivity contribution is -0.147. The Bertz CT molecular complexity index is 459. The topological polar surface area (TPSA) is 55.6 Å². The number of rotatable bonds is 2. The van der Waals surface area contributed by atoms with Gasteiger partial charge >= 0.3 is 0 Å². The van der Waals surface area contributed by atoms with Gasteiger partial charge in [-0.1, -0.05) is 29.8 Å². The molecule has 0 radical (unpaired) electrons. The van der Waals surface area contributed by atoms with Gasteiger partial charge in [0.25, 0.3) is 0 Å². The fraction of sp³-hybridized carbons (Fsp3) is 0.533. The minimum atomic E-state index is -0.588. The van der Waals surface area contributed by atoms with Crippen molar-refractivity contribution in [3.63, 3.8) is 0 Å². The largest absolute Gasteiger partial charge is 0.372 e. The first-order chi connectivity index (χ1) is 8.89. The van der Waals surface area contributed by atoms with Crippen molar-refractivity contribution in [2.75, 3.05) is 19.7 Å². The summed E-state index contributed by atoms with van der Waals surface area (Å²) in [6.07, 6.45) is 0. The van der Waals surface area contributed by atoms with Crippen LogP contribution in [0.1, 0.15) is 31.0 Å². The summed E-state index contributed by atoms with van der Waals surface area (Å²) in [5.41, 5.74) is 7.81. The number of carbonyl (C=O) groups is 1. The van der Waals surface area contributed by atoms with E-state index in [1.807, 2.05) is 45.0 Å². The number of aryl methyl sites for hydroxylation is 1. The van der Waals surface area contributed by atoms with Crippen LogP contribution in [0, 0.1) is 6.92 Å². The standard InChI is InChI=1S/C15H22N2O2.ClH/c1-11-4-6-12(7-5-11)13(16)14(18)17-8-9-19-15(2,3)10-17;/h4-7,13H,8-10,16H2,1-3H3;1H. The van der Waals surface area contributed by atoms with E-state index in [9.17, 15) is 4.79 Å². The number of carbonyl (C=O) groups excluding carboxylic acids is 1. The number of benzene rings is 1. The zero-order chi connectivity index (χ0) is 14.0. The molecule has 5 heteroatoms. The Kier molecular flexibility index (Phi) is 5.57. The van der Waals surface area contributed by atoms with Gasteiger partial charge in [-0.2, -0.15) is 0 Å². The zero-order valence-electron chi connectivity index (χ0n) is 12.3. The molecule has 2 N–H and O–H groups in total. The maximum atomic E-state index is 12.4. The summed E-state index contributed by atoms with van der Waals surface area (Å²) in [5.74, 6) is -0.0276. The van der Waals surface area contributed by atoms with Gasteiger partial charge in [0.1, 0.15) is 6.04 Å². The summed E-state index contributed by atoms with van der Waals surface area (Å²) >= 11 is 0. The van der Waals surface area contributed by atoms with Crippen LogP contribution in [0.25, 0.3) is 0 Å². The predicted molar refractivity (Wildman–Crippen MR) is 82.0 cm³/mol. The second-order valence-electron chi connectivity index (χ2n) is 5.76. The zero-order valence-corrected chi connectivity index (χ0v) is 13.1. The van der Waals surface area contributed by atoms with Crippen molar-refractivity contribution in [3.8, 4) is 0 Å². The third-order valence-corrected chi connectivity index (χ3v) is 3.44. The van der Waals surface area contributed by atoms with Gasteiger partial charge < -0.3 is 15.4 Å². The molecule has 1 amide bonds. The molecule has 1 aliphatic heterocycles. The van der Waals surface area contributed by atoms with Crippen LogP contribution in [0.15, 0.2) is 24.3 Å². The van der Waals surface area contributed by atoms with E-state index in [4.69, 9.17) is 10.5 Å². The summed E-state index contributed by atoms with van der Waals surface area (Å²) in [4.78, 5) is 14.2. The molecule has 4 nitrogen and oxygen atoms in total. The molecule has 20 heavy (non-hydrogen) atoms. The quantitative estimate of drug-likeness (QED) is 0.909. The Morgan fingerprint density at radius 1 is 1.35 bits per heavy atom. The van der Waals surface area contributed by atoms with E-state index in [-0.39, 0.29) is 23.9 Å². The normalized spacial score (nSPS) is 19.1. The van der Waals surface area contributed by atoms with Crippen LogP contribution in [0.5, 0.6) is 0 Å². The molecule has 0 spiro atoms. The minimum absolute atomic E-state index is 0. The predicted octanol–water partition coefficient (Wildman–Crippen LogP) is 2.05. The number of ether oxygens (including phenoxy) is 1. The molecule has 2 rings (SSSR count). The molecule has 0 aromatic heterocycles. The molecule has 112 valence electrons. The van der Waals surface area contributed by atoms with Crippen molar-refractivity contribution < 1.29 is 9.53 Å². The molecular weight excluding hydrogens is 276 g/mol. The van der Waals surface area contributed by atoms with Gasteiger partial charge in [0.2, 0.25) is 5.91 Å². The van der Waals surface area contributed by atoms with Crippen LogP contribution in [0.2, 0.25) is 0 Å². The first-order valence-corrected chi connectivity index (χ1v) is 6.64. The average Bonchev–Trinajstić information content (AvgIpc) is 2.37. The Hall–Kier alpha value is -1.10. The number of morpholine rings is 1. The van der Waals surface area contributed by atoms with Crippen molar-refractivity contribution in [2.45, 2.75) is 32.4 Å². The van der Waals surface area contributed by atoms with E-state index >= 15 is 0 Å². The minimum Gasteiger partial charge on any atom is -0.372 e. The van der Waals surface area contributed by atoms with Gasteiger partial charge in [0, 0.05) is 13.1 Å². The van der Waals surface area contributed by atoms with Gasteiger partial charge in [0.05, 0.1) is 12.2 Å². The van der Waals surface area contributed by atoms with Crippen LogP contribution in [-0.4, -0.2) is 36.1 Å². The molecule has 1 aromatic carbocycles. The van der Waals surface area contributed by atoms with Crippen molar-refractivity contribution >= 4 is 18.3 Å². The molecule has 1 fully saturated rings. The summed E-state index contributed by atoms with van der Waals surface area (Å²) in [5, 5.41) is 0. The maximum absolute atomic E-state index is 12.4. The SMILES string of the molecule is Cc1ccc(C(N)C(=O)N2CCOC(C)(C)C2)cc1.Cl. The maximum Gasteiger partial charge on any atom is 0.244 e. The monoisotopic (exact) mass is 298 g/mol. The highest BCUT2D eigenvalue weighted by atomic mass is 35.5. The van der Waals surface area contributed by atoms with Crippen molar-refractivity contribution in [2.24, 2.45) is 5.73 Å². The number of hydrogen-bond donors (Lipinski definition) is 1. The second kappa shape index (κ2) is 6.57. The van der Waals surface area contributed by atoms with Crippen molar-refractivity contribution in [1.82, 2.24) is 4.90 Å². The summed E-state index contributed by atoms with van der Waals surface area (Å²) in [7, 11) is 0. The average molecular weight is 299 g/mol. The molecule has 0 aliphatic carbocycles. The van der Waals surface area contributed by atoms with Crippen LogP contribution >= 0.6 is 12.4 Å². The van der Waals surface area contributed by atoms with E-state index in [2.05, 4.69) is 0 Å². The lowest BCUT2D eigenvalue weighted by atomic mass is 10.0. The molecular formula is C15H23ClN2O2. The first-order valence-electron chi connectivity index (χ1n) is 6.64. The van der Waals surface area contributed by atoms with Gasteiger partial charge in [-0.15, -0.1) is 12.4 Å². The number of nitrogens with two attached hydrogens (primary N) is 1. The lowest BCUT2D eigenvalue weighted by Gasteiger charge is -2.39. The molecule has 1 atom stereocenters. The Balaban J connectivity index is 0.00000200. The Labute approximate surface area is 126 Å². The highest BCUT2D eigenvalue weighted by molar-refractivity contribution is 5.85. The van der Waals surface area contributed by atoms with E-state index in [1.165, 1.54) is 0 Å². The Morgan fingerprint density at radius 2 is 1.95 bits per heavy atom. The van der Waals surface area contributed by atoms with Crippen LogP contribution in [-0.2, 0) is 9.53 Å². The molecule has 1 saturated heterocycles. The van der Waals surface area contributed by atoms with Gasteiger partial charge in [-0.05, 0) is 26.3 Å². The van der Waals surface area contributed by atoms with E-state index < -0.39 is 6.04 Å². The molecule has 0 saturated carbocycles. The van der Waals surface area contributed by atoms with Crippen molar-refractivity contribution in [3.05, 3.63) is 35.4 Å². The first kappa shape index (κ1) is 17.0. The summed E-state index contributed by atoms with van der Waals surface area (Å²) in [6.45, 7) is 7.77. The number of hydrogen-bond acceptors (Lipinski definition) is 3. The van der Waals surface area contributed by atoms with Gasteiger partial charge in [-0.3, -0.25) is 4.79 Å². The van der Waals surface area contributed by atoms with Crippen LogP contribution < -0.4 is 5.73 Å².